The molecule has 1 aliphatic heterocycles. The molecule has 124 valence electrons. The molecule has 0 bridgehead atoms. The van der Waals surface area contributed by atoms with Gasteiger partial charge in [0.1, 0.15) is 4.83 Å². The lowest BCUT2D eigenvalue weighted by Gasteiger charge is -2.33. The number of fused-ring (bicyclic) bond motifs is 1. The topological polar surface area (TPSA) is 50.2 Å². The van der Waals surface area contributed by atoms with Crippen molar-refractivity contribution in [2.45, 2.75) is 19.9 Å². The Morgan fingerprint density at radius 1 is 1.33 bits per heavy atom. The van der Waals surface area contributed by atoms with E-state index in [-0.39, 0.29) is 11.9 Å². The second-order valence-electron chi connectivity index (χ2n) is 6.21. The van der Waals surface area contributed by atoms with Gasteiger partial charge in [-0.3, -0.25) is 4.79 Å². The molecule has 2 aromatic heterocycles. The molecule has 0 spiro atoms. The van der Waals surface area contributed by atoms with Crippen LogP contribution in [-0.4, -0.2) is 46.3 Å². The van der Waals surface area contributed by atoms with Crippen LogP contribution in [-0.2, 0) is 0 Å². The number of piperazine rings is 1. The third kappa shape index (κ3) is 2.52. The van der Waals surface area contributed by atoms with Gasteiger partial charge in [-0.1, -0.05) is 18.2 Å². The van der Waals surface area contributed by atoms with Gasteiger partial charge in [-0.2, -0.15) is 5.10 Å². The highest BCUT2D eigenvalue weighted by Crippen LogP contribution is 2.31. The zero-order chi connectivity index (χ0) is 16.7. The van der Waals surface area contributed by atoms with Crippen LogP contribution in [0.5, 0.6) is 0 Å². The summed E-state index contributed by atoms with van der Waals surface area (Å²) in [6.45, 7) is 6.56. The minimum atomic E-state index is 0.129. The fourth-order valence-corrected chi connectivity index (χ4v) is 4.32. The number of nitrogens with one attached hydrogen (secondary N) is 1. The summed E-state index contributed by atoms with van der Waals surface area (Å²) in [6.07, 6.45) is 0. The lowest BCUT2D eigenvalue weighted by molar-refractivity contribution is 0.0661. The van der Waals surface area contributed by atoms with Gasteiger partial charge in [-0.05, 0) is 32.0 Å². The van der Waals surface area contributed by atoms with E-state index in [1.165, 1.54) is 11.3 Å². The summed E-state index contributed by atoms with van der Waals surface area (Å²) in [5.41, 5.74) is 1.98. The molecule has 4 rings (SSSR count). The molecule has 1 N–H and O–H groups in total. The first-order valence-corrected chi connectivity index (χ1v) is 9.03. The largest absolute Gasteiger partial charge is 0.333 e. The molecular formula is C18H20N4OS. The predicted molar refractivity (Wildman–Crippen MR) is 97.1 cm³/mol. The van der Waals surface area contributed by atoms with Crippen molar-refractivity contribution in [3.63, 3.8) is 0 Å². The van der Waals surface area contributed by atoms with E-state index in [1.54, 1.807) is 0 Å². The van der Waals surface area contributed by atoms with Crippen molar-refractivity contribution in [3.05, 3.63) is 47.0 Å². The average Bonchev–Trinajstić information content (AvgIpc) is 3.16. The molecule has 1 aromatic carbocycles. The number of carbonyl (C=O) groups excluding carboxylic acids is 1. The Bertz CT molecular complexity index is 883. The highest BCUT2D eigenvalue weighted by atomic mass is 32.1. The van der Waals surface area contributed by atoms with Crippen molar-refractivity contribution in [1.29, 1.82) is 0 Å². The molecule has 6 heteroatoms. The van der Waals surface area contributed by atoms with Gasteiger partial charge in [-0.15, -0.1) is 11.3 Å². The van der Waals surface area contributed by atoms with Crippen LogP contribution in [0.1, 0.15) is 22.3 Å². The predicted octanol–water partition coefficient (Wildman–Crippen LogP) is 2.83. The van der Waals surface area contributed by atoms with Gasteiger partial charge in [0.25, 0.3) is 5.91 Å². The second-order valence-corrected chi connectivity index (χ2v) is 7.24. The highest BCUT2D eigenvalue weighted by Gasteiger charge is 2.26. The van der Waals surface area contributed by atoms with E-state index in [9.17, 15) is 4.79 Å². The zero-order valence-corrected chi connectivity index (χ0v) is 14.6. The Morgan fingerprint density at radius 2 is 2.12 bits per heavy atom. The number of aromatic nitrogens is 2. The standard InChI is InChI=1S/C18H20N4OS/c1-12-11-19-8-9-21(12)17(23)16-10-15-13(2)20-22(18(15)24-16)14-6-4-3-5-7-14/h3-7,10,12,19H,8-9,11H2,1-2H3/t12-/m0/s1. The van der Waals surface area contributed by atoms with E-state index >= 15 is 0 Å². The minimum Gasteiger partial charge on any atom is -0.333 e. The number of para-hydroxylation sites is 1. The van der Waals surface area contributed by atoms with Crippen LogP contribution in [0.2, 0.25) is 0 Å². The molecule has 24 heavy (non-hydrogen) atoms. The maximum absolute atomic E-state index is 12.9. The number of carbonyl (C=O) groups is 1. The van der Waals surface area contributed by atoms with Crippen LogP contribution < -0.4 is 5.32 Å². The van der Waals surface area contributed by atoms with Crippen LogP contribution >= 0.6 is 11.3 Å². The Labute approximate surface area is 144 Å². The lowest BCUT2D eigenvalue weighted by Crippen LogP contribution is -2.52. The average molecular weight is 340 g/mol. The molecule has 1 aliphatic rings. The van der Waals surface area contributed by atoms with Gasteiger partial charge in [0, 0.05) is 31.1 Å². The first kappa shape index (κ1) is 15.4. The highest BCUT2D eigenvalue weighted by molar-refractivity contribution is 7.20. The van der Waals surface area contributed by atoms with Gasteiger partial charge in [-0.25, -0.2) is 4.68 Å². The van der Waals surface area contributed by atoms with E-state index in [0.29, 0.717) is 0 Å². The van der Waals surface area contributed by atoms with Crippen LogP contribution in [0, 0.1) is 6.92 Å². The van der Waals surface area contributed by atoms with Crippen molar-refractivity contribution in [2.75, 3.05) is 19.6 Å². The van der Waals surface area contributed by atoms with Gasteiger partial charge >= 0.3 is 0 Å². The molecule has 0 aliphatic carbocycles. The monoisotopic (exact) mass is 340 g/mol. The number of aryl methyl sites for hydroxylation is 1. The summed E-state index contributed by atoms with van der Waals surface area (Å²) in [7, 11) is 0. The van der Waals surface area contributed by atoms with Gasteiger partial charge in [0.05, 0.1) is 16.3 Å². The van der Waals surface area contributed by atoms with Crippen molar-refractivity contribution < 1.29 is 4.79 Å². The van der Waals surface area contributed by atoms with Crippen LogP contribution in [0.15, 0.2) is 36.4 Å². The Morgan fingerprint density at radius 3 is 2.88 bits per heavy atom. The Hall–Kier alpha value is -2.18. The molecule has 0 radical (unpaired) electrons. The summed E-state index contributed by atoms with van der Waals surface area (Å²) in [5, 5.41) is 9.03. The first-order chi connectivity index (χ1) is 11.6. The van der Waals surface area contributed by atoms with E-state index < -0.39 is 0 Å². The van der Waals surface area contributed by atoms with E-state index in [0.717, 1.165) is 46.1 Å². The summed E-state index contributed by atoms with van der Waals surface area (Å²) in [5.74, 6) is 0.129. The fourth-order valence-electron chi connectivity index (χ4n) is 3.18. The number of benzene rings is 1. The Kier molecular flexibility index (Phi) is 3.86. The molecule has 5 nitrogen and oxygen atoms in total. The molecule has 1 atom stereocenters. The number of hydrogen-bond donors (Lipinski definition) is 1. The third-order valence-electron chi connectivity index (χ3n) is 4.52. The van der Waals surface area contributed by atoms with Crippen molar-refractivity contribution in [2.24, 2.45) is 0 Å². The molecule has 0 unspecified atom stereocenters. The van der Waals surface area contributed by atoms with E-state index in [4.69, 9.17) is 0 Å². The fraction of sp³-hybridized carbons (Fsp3) is 0.333. The Balaban J connectivity index is 1.75. The molecule has 0 saturated carbocycles. The van der Waals surface area contributed by atoms with Crippen molar-refractivity contribution in [1.82, 2.24) is 20.0 Å². The molecule has 1 amide bonds. The van der Waals surface area contributed by atoms with E-state index in [1.807, 2.05) is 52.9 Å². The van der Waals surface area contributed by atoms with Gasteiger partial charge in [0.2, 0.25) is 0 Å². The van der Waals surface area contributed by atoms with Crippen molar-refractivity contribution >= 4 is 27.5 Å². The molecule has 3 heterocycles. The molecular weight excluding hydrogens is 320 g/mol. The van der Waals surface area contributed by atoms with Crippen LogP contribution in [0.4, 0.5) is 0 Å². The van der Waals surface area contributed by atoms with Gasteiger partial charge in [0.15, 0.2) is 0 Å². The van der Waals surface area contributed by atoms with E-state index in [2.05, 4.69) is 17.3 Å². The summed E-state index contributed by atoms with van der Waals surface area (Å²) < 4.78 is 1.94. The normalized spacial score (nSPS) is 18.2. The number of rotatable bonds is 2. The smallest absolute Gasteiger partial charge is 0.264 e. The zero-order valence-electron chi connectivity index (χ0n) is 13.8. The molecule has 1 fully saturated rings. The number of amides is 1. The minimum absolute atomic E-state index is 0.129. The maximum atomic E-state index is 12.9. The quantitative estimate of drug-likeness (QED) is 0.780. The number of nitrogens with zero attached hydrogens (tertiary/aromatic N) is 3. The summed E-state index contributed by atoms with van der Waals surface area (Å²) >= 11 is 1.53. The maximum Gasteiger partial charge on any atom is 0.264 e. The lowest BCUT2D eigenvalue weighted by atomic mass is 10.2. The van der Waals surface area contributed by atoms with Gasteiger partial charge < -0.3 is 10.2 Å². The van der Waals surface area contributed by atoms with Crippen molar-refractivity contribution in [3.8, 4) is 5.69 Å². The SMILES string of the molecule is Cc1nn(-c2ccccc2)c2sc(C(=O)N3CCNC[C@@H]3C)cc12. The second kappa shape index (κ2) is 6.03. The summed E-state index contributed by atoms with van der Waals surface area (Å²) in [6, 6.07) is 12.3. The number of thiophene rings is 1. The van der Waals surface area contributed by atoms with Crippen LogP contribution in [0.25, 0.3) is 15.9 Å². The molecule has 3 aromatic rings. The molecule has 1 saturated heterocycles. The third-order valence-corrected chi connectivity index (χ3v) is 5.62. The van der Waals surface area contributed by atoms with Crippen LogP contribution in [0.3, 0.4) is 0 Å². The summed E-state index contributed by atoms with van der Waals surface area (Å²) in [4.78, 5) is 16.7. The first-order valence-electron chi connectivity index (χ1n) is 8.21. The number of hydrogen-bond acceptors (Lipinski definition) is 4.